The number of nitrogens with zero attached hydrogens (tertiary/aromatic N) is 2. The van der Waals surface area contributed by atoms with Crippen LogP contribution in [0.15, 0.2) is 83.8 Å². The topological polar surface area (TPSA) is 86.8 Å². The highest BCUT2D eigenvalue weighted by Crippen LogP contribution is 2.25. The summed E-state index contributed by atoms with van der Waals surface area (Å²) in [5, 5.41) is 3.34. The molecule has 0 aromatic heterocycles. The molecule has 1 N–H and O–H groups in total. The van der Waals surface area contributed by atoms with Gasteiger partial charge in [-0.15, -0.1) is 0 Å². The zero-order valence-electron chi connectivity index (χ0n) is 21.2. The number of carbonyl (C=O) groups is 2. The van der Waals surface area contributed by atoms with Crippen molar-refractivity contribution < 1.29 is 18.0 Å². The molecule has 1 atom stereocenters. The van der Waals surface area contributed by atoms with Gasteiger partial charge in [0.15, 0.2) is 0 Å². The van der Waals surface area contributed by atoms with Crippen molar-refractivity contribution in [2.45, 2.75) is 44.7 Å². The molecule has 37 heavy (non-hydrogen) atoms. The number of para-hydroxylation sites is 1. The minimum absolute atomic E-state index is 0.0785. The Morgan fingerprint density at radius 2 is 1.54 bits per heavy atom. The SMILES string of the molecule is CCNC(=O)C(CC)N(Cc1ccc(Cl)cc1)C(=O)CN(c1ccccc1)S(=O)(=O)c1ccc(C)cc1. The predicted molar refractivity (Wildman–Crippen MR) is 147 cm³/mol. The average molecular weight is 542 g/mol. The van der Waals surface area contributed by atoms with E-state index in [1.165, 1.54) is 17.0 Å². The fourth-order valence-corrected chi connectivity index (χ4v) is 5.50. The fraction of sp³-hybridized carbons (Fsp3) is 0.286. The highest BCUT2D eigenvalue weighted by atomic mass is 35.5. The van der Waals surface area contributed by atoms with Crippen molar-refractivity contribution in [1.82, 2.24) is 10.2 Å². The number of anilines is 1. The maximum atomic E-state index is 13.9. The molecule has 0 aliphatic carbocycles. The van der Waals surface area contributed by atoms with Crippen molar-refractivity contribution in [2.75, 3.05) is 17.4 Å². The second-order valence-electron chi connectivity index (χ2n) is 8.63. The Hall–Kier alpha value is -3.36. The van der Waals surface area contributed by atoms with E-state index in [1.807, 2.05) is 13.8 Å². The Kier molecular flexibility index (Phi) is 9.72. The molecule has 0 aliphatic rings. The van der Waals surface area contributed by atoms with Crippen LogP contribution in [0.1, 0.15) is 31.4 Å². The Bertz CT molecular complexity index is 1300. The molecule has 0 aliphatic heterocycles. The lowest BCUT2D eigenvalue weighted by molar-refractivity contribution is -0.140. The lowest BCUT2D eigenvalue weighted by Gasteiger charge is -2.33. The van der Waals surface area contributed by atoms with Crippen LogP contribution >= 0.6 is 11.6 Å². The van der Waals surface area contributed by atoms with Gasteiger partial charge in [-0.3, -0.25) is 13.9 Å². The maximum Gasteiger partial charge on any atom is 0.264 e. The van der Waals surface area contributed by atoms with Crippen LogP contribution < -0.4 is 9.62 Å². The van der Waals surface area contributed by atoms with Gasteiger partial charge >= 0.3 is 0 Å². The normalized spacial score (nSPS) is 12.0. The summed E-state index contributed by atoms with van der Waals surface area (Å²) >= 11 is 6.03. The van der Waals surface area contributed by atoms with Gasteiger partial charge in [0.25, 0.3) is 10.0 Å². The van der Waals surface area contributed by atoms with Gasteiger partial charge in [-0.05, 0) is 62.2 Å². The van der Waals surface area contributed by atoms with Gasteiger partial charge in [0, 0.05) is 18.1 Å². The number of sulfonamides is 1. The van der Waals surface area contributed by atoms with E-state index in [-0.39, 0.29) is 17.3 Å². The molecule has 196 valence electrons. The van der Waals surface area contributed by atoms with Gasteiger partial charge < -0.3 is 10.2 Å². The minimum atomic E-state index is -4.07. The van der Waals surface area contributed by atoms with Crippen LogP contribution in [-0.2, 0) is 26.2 Å². The van der Waals surface area contributed by atoms with E-state index in [4.69, 9.17) is 11.6 Å². The molecule has 3 aromatic rings. The number of nitrogens with one attached hydrogen (secondary N) is 1. The Morgan fingerprint density at radius 3 is 2.11 bits per heavy atom. The summed E-state index contributed by atoms with van der Waals surface area (Å²) in [6.45, 7) is 5.57. The predicted octanol–water partition coefficient (Wildman–Crippen LogP) is 4.79. The smallest absolute Gasteiger partial charge is 0.264 e. The third kappa shape index (κ3) is 7.11. The van der Waals surface area contributed by atoms with Crippen LogP contribution in [0.2, 0.25) is 5.02 Å². The number of likely N-dealkylation sites (N-methyl/N-ethyl adjacent to an activating group) is 1. The van der Waals surface area contributed by atoms with Crippen molar-refractivity contribution in [1.29, 1.82) is 0 Å². The number of aryl methyl sites for hydroxylation is 1. The molecule has 0 bridgehead atoms. The van der Waals surface area contributed by atoms with Crippen molar-refractivity contribution in [2.24, 2.45) is 0 Å². The van der Waals surface area contributed by atoms with Crippen molar-refractivity contribution in [3.05, 3.63) is 95.0 Å². The molecule has 7 nitrogen and oxygen atoms in total. The lowest BCUT2D eigenvalue weighted by atomic mass is 10.1. The number of hydrogen-bond acceptors (Lipinski definition) is 4. The molecule has 3 rings (SSSR count). The second kappa shape index (κ2) is 12.7. The fourth-order valence-electron chi connectivity index (χ4n) is 3.96. The van der Waals surface area contributed by atoms with Gasteiger partial charge in [0.1, 0.15) is 12.6 Å². The Morgan fingerprint density at radius 1 is 0.919 bits per heavy atom. The molecule has 3 aromatic carbocycles. The molecular weight excluding hydrogens is 510 g/mol. The quantitative estimate of drug-likeness (QED) is 0.378. The van der Waals surface area contributed by atoms with Gasteiger partial charge in [-0.25, -0.2) is 8.42 Å². The third-order valence-electron chi connectivity index (χ3n) is 5.94. The van der Waals surface area contributed by atoms with Crippen LogP contribution in [0, 0.1) is 6.92 Å². The van der Waals surface area contributed by atoms with Crippen LogP contribution in [-0.4, -0.2) is 44.3 Å². The molecule has 2 amide bonds. The Labute approximate surface area is 224 Å². The van der Waals surface area contributed by atoms with Crippen molar-refractivity contribution in [3.63, 3.8) is 0 Å². The van der Waals surface area contributed by atoms with Crippen molar-refractivity contribution >= 4 is 39.1 Å². The van der Waals surface area contributed by atoms with Gasteiger partial charge in [-0.2, -0.15) is 0 Å². The van der Waals surface area contributed by atoms with E-state index in [9.17, 15) is 18.0 Å². The summed E-state index contributed by atoms with van der Waals surface area (Å²) < 4.78 is 28.6. The zero-order chi connectivity index (χ0) is 27.0. The molecule has 0 fully saturated rings. The summed E-state index contributed by atoms with van der Waals surface area (Å²) in [4.78, 5) is 28.3. The van der Waals surface area contributed by atoms with Gasteiger partial charge in [0.2, 0.25) is 11.8 Å². The first-order valence-electron chi connectivity index (χ1n) is 12.1. The highest BCUT2D eigenvalue weighted by molar-refractivity contribution is 7.92. The number of halogens is 1. The van der Waals surface area contributed by atoms with Crippen LogP contribution in [0.4, 0.5) is 5.69 Å². The van der Waals surface area contributed by atoms with E-state index >= 15 is 0 Å². The summed E-state index contributed by atoms with van der Waals surface area (Å²) in [6.07, 6.45) is 0.362. The highest BCUT2D eigenvalue weighted by Gasteiger charge is 2.33. The van der Waals surface area contributed by atoms with E-state index in [0.29, 0.717) is 23.7 Å². The van der Waals surface area contributed by atoms with E-state index in [2.05, 4.69) is 5.32 Å². The molecule has 0 saturated heterocycles. The first-order valence-corrected chi connectivity index (χ1v) is 13.9. The third-order valence-corrected chi connectivity index (χ3v) is 7.98. The molecule has 0 spiro atoms. The van der Waals surface area contributed by atoms with E-state index < -0.39 is 28.5 Å². The Balaban J connectivity index is 2.02. The maximum absolute atomic E-state index is 13.9. The number of hydrogen-bond donors (Lipinski definition) is 1. The number of carbonyl (C=O) groups excluding carboxylic acids is 2. The lowest BCUT2D eigenvalue weighted by Crippen LogP contribution is -2.52. The summed E-state index contributed by atoms with van der Waals surface area (Å²) in [5.41, 5.74) is 2.05. The minimum Gasteiger partial charge on any atom is -0.355 e. The largest absolute Gasteiger partial charge is 0.355 e. The molecule has 9 heteroatoms. The molecule has 0 heterocycles. The first-order chi connectivity index (χ1) is 17.7. The summed E-state index contributed by atoms with van der Waals surface area (Å²) in [5.74, 6) is -0.785. The van der Waals surface area contributed by atoms with Crippen LogP contribution in [0.25, 0.3) is 0 Å². The molecule has 0 radical (unpaired) electrons. The van der Waals surface area contributed by atoms with E-state index in [1.54, 1.807) is 73.7 Å². The second-order valence-corrected chi connectivity index (χ2v) is 10.9. The van der Waals surface area contributed by atoms with Crippen LogP contribution in [0.5, 0.6) is 0 Å². The molecular formula is C28H32ClN3O4S. The summed E-state index contributed by atoms with van der Waals surface area (Å²) in [6, 6.07) is 21.2. The van der Waals surface area contributed by atoms with Gasteiger partial charge in [0.05, 0.1) is 10.6 Å². The molecule has 1 unspecified atom stereocenters. The van der Waals surface area contributed by atoms with E-state index in [0.717, 1.165) is 15.4 Å². The number of benzene rings is 3. The summed E-state index contributed by atoms with van der Waals surface area (Å²) in [7, 11) is -4.07. The van der Waals surface area contributed by atoms with Gasteiger partial charge in [-0.1, -0.05) is 66.6 Å². The number of rotatable bonds is 11. The average Bonchev–Trinajstić information content (AvgIpc) is 2.89. The monoisotopic (exact) mass is 541 g/mol. The zero-order valence-corrected chi connectivity index (χ0v) is 22.8. The number of amides is 2. The standard InChI is InChI=1S/C28H32ClN3O4S/c1-4-26(28(34)30-5-2)31(19-22-13-15-23(29)16-14-22)27(33)20-32(24-9-7-6-8-10-24)37(35,36)25-17-11-21(3)12-18-25/h6-18,26H,4-5,19-20H2,1-3H3,(H,30,34). The van der Waals surface area contributed by atoms with Crippen molar-refractivity contribution in [3.8, 4) is 0 Å². The molecule has 0 saturated carbocycles. The van der Waals surface area contributed by atoms with Crippen LogP contribution in [0.3, 0.4) is 0 Å². The first kappa shape index (κ1) is 28.2.